The van der Waals surface area contributed by atoms with Crippen molar-refractivity contribution in [2.75, 3.05) is 6.61 Å². The lowest BCUT2D eigenvalue weighted by molar-refractivity contribution is -0.125. The van der Waals surface area contributed by atoms with E-state index < -0.39 is 17.4 Å². The zero-order valence-corrected chi connectivity index (χ0v) is 12.1. The van der Waals surface area contributed by atoms with Crippen LogP contribution in [0.5, 0.6) is 0 Å². The molecule has 6 heteroatoms. The molecule has 2 rings (SSSR count). The Morgan fingerprint density at radius 2 is 2.20 bits per heavy atom. The molecule has 1 amide bonds. The summed E-state index contributed by atoms with van der Waals surface area (Å²) < 4.78 is 4.98. The summed E-state index contributed by atoms with van der Waals surface area (Å²) in [5.41, 5.74) is 0.0622. The van der Waals surface area contributed by atoms with Gasteiger partial charge in [-0.05, 0) is 49.6 Å². The van der Waals surface area contributed by atoms with Gasteiger partial charge in [-0.2, -0.15) is 5.26 Å². The van der Waals surface area contributed by atoms with E-state index in [-0.39, 0.29) is 6.61 Å². The Balaban J connectivity index is 1.85. The van der Waals surface area contributed by atoms with Gasteiger partial charge in [-0.3, -0.25) is 4.79 Å². The fraction of sp³-hybridized carbons (Fsp3) is 0.500. The number of rotatable bonds is 4. The maximum absolute atomic E-state index is 11.8. The Hall–Kier alpha value is -1.87. The van der Waals surface area contributed by atoms with Gasteiger partial charge in [0.05, 0.1) is 6.07 Å². The van der Waals surface area contributed by atoms with Crippen LogP contribution in [0, 0.1) is 18.3 Å². The second-order valence-electron chi connectivity index (χ2n) is 4.96. The van der Waals surface area contributed by atoms with Gasteiger partial charge in [-0.25, -0.2) is 4.79 Å². The first-order valence-electron chi connectivity index (χ1n) is 6.50. The smallest absolute Gasteiger partial charge is 0.349 e. The van der Waals surface area contributed by atoms with Gasteiger partial charge in [-0.1, -0.05) is 0 Å². The third-order valence-electron chi connectivity index (χ3n) is 3.43. The predicted octanol–water partition coefficient (Wildman–Crippen LogP) is 2.17. The van der Waals surface area contributed by atoms with Crippen LogP contribution in [0.25, 0.3) is 0 Å². The van der Waals surface area contributed by atoms with Gasteiger partial charge in [0, 0.05) is 0 Å². The van der Waals surface area contributed by atoms with Crippen LogP contribution >= 0.6 is 11.3 Å². The summed E-state index contributed by atoms with van der Waals surface area (Å²) in [5.74, 6) is -0.916. The molecule has 0 atom stereocenters. The summed E-state index contributed by atoms with van der Waals surface area (Å²) in [6.07, 6.45) is 3.18. The Labute approximate surface area is 121 Å². The Morgan fingerprint density at radius 1 is 1.50 bits per heavy atom. The number of thiophene rings is 1. The number of ether oxygens (including phenoxy) is 1. The summed E-state index contributed by atoms with van der Waals surface area (Å²) in [6.45, 7) is 1.47. The molecule has 1 aromatic heterocycles. The number of aryl methyl sites for hydroxylation is 1. The van der Waals surface area contributed by atoms with E-state index in [0.29, 0.717) is 17.7 Å². The normalized spacial score (nSPS) is 16.4. The Morgan fingerprint density at radius 3 is 2.75 bits per heavy atom. The summed E-state index contributed by atoms with van der Waals surface area (Å²) in [5, 5.41) is 13.6. The van der Waals surface area contributed by atoms with E-state index in [1.807, 2.05) is 13.0 Å². The van der Waals surface area contributed by atoms with Gasteiger partial charge in [0.15, 0.2) is 6.61 Å². The fourth-order valence-corrected chi connectivity index (χ4v) is 3.14. The number of carbonyl (C=O) groups excluding carboxylic acids is 2. The lowest BCUT2D eigenvalue weighted by atomic mass is 10.00. The molecular formula is C14H16N2O3S. The number of nitrogens with zero attached hydrogens (tertiary/aromatic N) is 1. The monoisotopic (exact) mass is 292 g/mol. The zero-order chi connectivity index (χ0) is 14.6. The molecule has 0 aliphatic heterocycles. The topological polar surface area (TPSA) is 79.2 Å². The maximum Gasteiger partial charge on any atom is 0.349 e. The van der Waals surface area contributed by atoms with Crippen LogP contribution in [0.1, 0.15) is 40.9 Å². The highest BCUT2D eigenvalue weighted by Crippen LogP contribution is 2.28. The third kappa shape index (κ3) is 3.17. The van der Waals surface area contributed by atoms with Crippen LogP contribution < -0.4 is 5.32 Å². The SMILES string of the molecule is Cc1ccsc1C(=O)OCC(=O)NC1(C#N)CCCC1. The molecule has 1 N–H and O–H groups in total. The van der Waals surface area contributed by atoms with Gasteiger partial charge in [0.2, 0.25) is 0 Å². The van der Waals surface area contributed by atoms with Gasteiger partial charge < -0.3 is 10.1 Å². The van der Waals surface area contributed by atoms with E-state index in [1.54, 1.807) is 5.38 Å². The molecule has 0 saturated heterocycles. The van der Waals surface area contributed by atoms with Crippen molar-refractivity contribution in [1.29, 1.82) is 5.26 Å². The highest BCUT2D eigenvalue weighted by Gasteiger charge is 2.35. The van der Waals surface area contributed by atoms with Crippen LogP contribution in [0.3, 0.4) is 0 Å². The second kappa shape index (κ2) is 6.06. The number of nitrogens with one attached hydrogen (secondary N) is 1. The minimum absolute atomic E-state index is 0.348. The summed E-state index contributed by atoms with van der Waals surface area (Å²) >= 11 is 1.29. The third-order valence-corrected chi connectivity index (χ3v) is 4.43. The fourth-order valence-electron chi connectivity index (χ4n) is 2.32. The number of hydrogen-bond donors (Lipinski definition) is 1. The predicted molar refractivity (Wildman–Crippen MR) is 74.3 cm³/mol. The van der Waals surface area contributed by atoms with Crippen molar-refractivity contribution in [3.63, 3.8) is 0 Å². The molecule has 1 saturated carbocycles. The summed E-state index contributed by atoms with van der Waals surface area (Å²) in [6, 6.07) is 3.99. The Bertz CT molecular complexity index is 553. The van der Waals surface area contributed by atoms with Crippen molar-refractivity contribution in [3.8, 4) is 6.07 Å². The van der Waals surface area contributed by atoms with Crippen molar-refractivity contribution >= 4 is 23.2 Å². The van der Waals surface area contributed by atoms with Gasteiger partial charge in [0.25, 0.3) is 5.91 Å². The van der Waals surface area contributed by atoms with Crippen LogP contribution in [0.2, 0.25) is 0 Å². The average molecular weight is 292 g/mol. The number of amides is 1. The van der Waals surface area contributed by atoms with E-state index in [1.165, 1.54) is 11.3 Å². The van der Waals surface area contributed by atoms with Crippen LogP contribution in [0.4, 0.5) is 0 Å². The highest BCUT2D eigenvalue weighted by molar-refractivity contribution is 7.12. The molecule has 1 aliphatic carbocycles. The largest absolute Gasteiger partial charge is 0.451 e. The molecule has 1 heterocycles. The molecule has 1 fully saturated rings. The van der Waals surface area contributed by atoms with Crippen LogP contribution in [-0.2, 0) is 9.53 Å². The van der Waals surface area contributed by atoms with Gasteiger partial charge in [0.1, 0.15) is 10.4 Å². The van der Waals surface area contributed by atoms with E-state index in [0.717, 1.165) is 18.4 Å². The molecule has 0 unspecified atom stereocenters. The zero-order valence-electron chi connectivity index (χ0n) is 11.3. The number of hydrogen-bond acceptors (Lipinski definition) is 5. The molecule has 5 nitrogen and oxygen atoms in total. The van der Waals surface area contributed by atoms with Crippen LogP contribution in [-0.4, -0.2) is 24.0 Å². The summed E-state index contributed by atoms with van der Waals surface area (Å²) in [4.78, 5) is 24.1. The van der Waals surface area contributed by atoms with Crippen molar-refractivity contribution in [2.24, 2.45) is 0 Å². The lowest BCUT2D eigenvalue weighted by Crippen LogP contribution is -2.46. The van der Waals surface area contributed by atoms with E-state index >= 15 is 0 Å². The minimum Gasteiger partial charge on any atom is -0.451 e. The number of nitriles is 1. The summed E-state index contributed by atoms with van der Waals surface area (Å²) in [7, 11) is 0. The van der Waals surface area contributed by atoms with Crippen LogP contribution in [0.15, 0.2) is 11.4 Å². The molecular weight excluding hydrogens is 276 g/mol. The average Bonchev–Trinajstić information content (AvgIpc) is 3.06. The first-order valence-corrected chi connectivity index (χ1v) is 7.38. The Kier molecular flexibility index (Phi) is 4.40. The molecule has 1 aromatic rings. The molecule has 0 aromatic carbocycles. The second-order valence-corrected chi connectivity index (χ2v) is 5.87. The number of esters is 1. The quantitative estimate of drug-likeness (QED) is 0.862. The van der Waals surface area contributed by atoms with E-state index in [9.17, 15) is 9.59 Å². The lowest BCUT2D eigenvalue weighted by Gasteiger charge is -2.21. The molecule has 0 bridgehead atoms. The molecule has 0 spiro atoms. The van der Waals surface area contributed by atoms with Crippen molar-refractivity contribution in [2.45, 2.75) is 38.1 Å². The van der Waals surface area contributed by atoms with E-state index in [4.69, 9.17) is 10.00 Å². The van der Waals surface area contributed by atoms with Crippen molar-refractivity contribution in [3.05, 3.63) is 21.9 Å². The standard InChI is InChI=1S/C14H16N2O3S/c1-10-4-7-20-12(10)13(18)19-8-11(17)16-14(9-15)5-2-3-6-14/h4,7H,2-3,5-6,8H2,1H3,(H,16,17). The maximum atomic E-state index is 11.8. The molecule has 20 heavy (non-hydrogen) atoms. The minimum atomic E-state index is -0.775. The molecule has 0 radical (unpaired) electrons. The van der Waals surface area contributed by atoms with Crippen molar-refractivity contribution in [1.82, 2.24) is 5.32 Å². The van der Waals surface area contributed by atoms with Gasteiger partial charge in [-0.15, -0.1) is 11.3 Å². The van der Waals surface area contributed by atoms with Crippen molar-refractivity contribution < 1.29 is 14.3 Å². The van der Waals surface area contributed by atoms with E-state index in [2.05, 4.69) is 11.4 Å². The molecule has 1 aliphatic rings. The first-order chi connectivity index (χ1) is 9.56. The highest BCUT2D eigenvalue weighted by atomic mass is 32.1. The first kappa shape index (κ1) is 14.5. The molecule has 106 valence electrons. The number of carbonyl (C=O) groups is 2. The van der Waals surface area contributed by atoms with Gasteiger partial charge >= 0.3 is 5.97 Å².